The molecule has 0 saturated carbocycles. The number of para-hydroxylation sites is 1. The smallest absolute Gasteiger partial charge is 0.0991 e. The average Bonchev–Trinajstić information content (AvgIpc) is 2.95. The van der Waals surface area contributed by atoms with E-state index in [0.717, 1.165) is 16.6 Å². The number of hydrogen-bond donors (Lipinski definition) is 0. The third kappa shape index (κ3) is 2.18. The van der Waals surface area contributed by atoms with Gasteiger partial charge in [0.25, 0.3) is 0 Å². The number of rotatable bonds is 2. The largest absolute Gasteiger partial charge is 0.309 e. The molecule has 0 aliphatic carbocycles. The van der Waals surface area contributed by atoms with E-state index in [2.05, 4.69) is 79.1 Å². The summed E-state index contributed by atoms with van der Waals surface area (Å²) in [5.74, 6) is 0.489. The third-order valence-electron chi connectivity index (χ3n) is 4.60. The second kappa shape index (κ2) is 5.54. The molecule has 1 heterocycles. The normalized spacial score (nSPS) is 11.2. The van der Waals surface area contributed by atoms with Crippen molar-refractivity contribution >= 4 is 21.8 Å². The van der Waals surface area contributed by atoms with E-state index >= 15 is 0 Å². The molecule has 0 N–H and O–H groups in total. The van der Waals surface area contributed by atoms with Gasteiger partial charge in [0.2, 0.25) is 0 Å². The predicted molar refractivity (Wildman–Crippen MR) is 99.6 cm³/mol. The minimum atomic E-state index is 0.489. The van der Waals surface area contributed by atoms with Gasteiger partial charge in [-0.2, -0.15) is 5.26 Å². The molecule has 0 saturated heterocycles. The summed E-state index contributed by atoms with van der Waals surface area (Å²) < 4.78 is 2.29. The van der Waals surface area contributed by atoms with E-state index in [-0.39, 0.29) is 0 Å². The predicted octanol–water partition coefficient (Wildman–Crippen LogP) is 5.78. The molecule has 4 rings (SSSR count). The molecule has 0 spiro atoms. The first kappa shape index (κ1) is 14.5. The summed E-state index contributed by atoms with van der Waals surface area (Å²) >= 11 is 0. The number of nitriles is 1. The Labute approximate surface area is 141 Å². The monoisotopic (exact) mass is 310 g/mol. The molecule has 116 valence electrons. The van der Waals surface area contributed by atoms with Crippen LogP contribution in [0.3, 0.4) is 0 Å². The quantitative estimate of drug-likeness (QED) is 0.461. The number of fused-ring (bicyclic) bond motifs is 3. The fourth-order valence-corrected chi connectivity index (χ4v) is 3.34. The first-order valence-corrected chi connectivity index (χ1v) is 8.22. The van der Waals surface area contributed by atoms with Crippen LogP contribution in [0.1, 0.15) is 30.9 Å². The summed E-state index contributed by atoms with van der Waals surface area (Å²) in [5, 5.41) is 11.5. The maximum Gasteiger partial charge on any atom is 0.0991 e. The Morgan fingerprint density at radius 1 is 0.833 bits per heavy atom. The summed E-state index contributed by atoms with van der Waals surface area (Å²) in [5.41, 5.74) is 5.49. The van der Waals surface area contributed by atoms with Crippen molar-refractivity contribution in [3.8, 4) is 11.8 Å². The zero-order valence-electron chi connectivity index (χ0n) is 13.8. The van der Waals surface area contributed by atoms with E-state index in [1.165, 1.54) is 16.5 Å². The van der Waals surface area contributed by atoms with Crippen LogP contribution in [0.5, 0.6) is 0 Å². The lowest BCUT2D eigenvalue weighted by molar-refractivity contribution is 0.864. The molecule has 0 amide bonds. The van der Waals surface area contributed by atoms with Gasteiger partial charge in [0.15, 0.2) is 0 Å². The van der Waals surface area contributed by atoms with E-state index in [0.29, 0.717) is 11.5 Å². The van der Waals surface area contributed by atoms with Crippen molar-refractivity contribution in [2.75, 3.05) is 0 Å². The van der Waals surface area contributed by atoms with Crippen LogP contribution in [0.15, 0.2) is 66.7 Å². The van der Waals surface area contributed by atoms with E-state index in [1.807, 2.05) is 12.1 Å². The maximum absolute atomic E-state index is 9.23. The van der Waals surface area contributed by atoms with Gasteiger partial charge in [0.05, 0.1) is 22.7 Å². The molecule has 0 fully saturated rings. The highest BCUT2D eigenvalue weighted by atomic mass is 15.0. The highest BCUT2D eigenvalue weighted by Crippen LogP contribution is 2.33. The highest BCUT2D eigenvalue weighted by Gasteiger charge is 2.13. The van der Waals surface area contributed by atoms with Crippen LogP contribution in [-0.2, 0) is 0 Å². The number of hydrogen-bond acceptors (Lipinski definition) is 1. The molecule has 0 bridgehead atoms. The fraction of sp³-hybridized carbons (Fsp3) is 0.136. The lowest BCUT2D eigenvalue weighted by atomic mass is 10.0. The summed E-state index contributed by atoms with van der Waals surface area (Å²) in [6.07, 6.45) is 0. The standard InChI is InChI=1S/C22H18N2/c1-15(2)17-6-5-7-18(13-17)24-21-9-4-3-8-19(21)20-12-16(14-23)10-11-22(20)24/h3-13,15H,1-2H3. The van der Waals surface area contributed by atoms with Crippen molar-refractivity contribution in [3.63, 3.8) is 0 Å². The van der Waals surface area contributed by atoms with Crippen molar-refractivity contribution in [1.82, 2.24) is 4.57 Å². The summed E-state index contributed by atoms with van der Waals surface area (Å²) in [4.78, 5) is 0. The molecule has 0 aliphatic heterocycles. The Kier molecular flexibility index (Phi) is 3.36. The van der Waals surface area contributed by atoms with Gasteiger partial charge in [0, 0.05) is 16.5 Å². The molecule has 3 aromatic carbocycles. The van der Waals surface area contributed by atoms with Crippen molar-refractivity contribution in [2.24, 2.45) is 0 Å². The van der Waals surface area contributed by atoms with Crippen LogP contribution in [0.25, 0.3) is 27.5 Å². The second-order valence-electron chi connectivity index (χ2n) is 6.45. The van der Waals surface area contributed by atoms with E-state index in [1.54, 1.807) is 0 Å². The SMILES string of the molecule is CC(C)c1cccc(-n2c3ccccc3c3cc(C#N)ccc32)c1. The topological polar surface area (TPSA) is 28.7 Å². The zero-order chi connectivity index (χ0) is 16.7. The summed E-state index contributed by atoms with van der Waals surface area (Å²) in [6.45, 7) is 4.42. The van der Waals surface area contributed by atoms with Crippen molar-refractivity contribution in [2.45, 2.75) is 19.8 Å². The highest BCUT2D eigenvalue weighted by molar-refractivity contribution is 6.09. The number of benzene rings is 3. The van der Waals surface area contributed by atoms with Crippen LogP contribution < -0.4 is 0 Å². The van der Waals surface area contributed by atoms with Gasteiger partial charge in [-0.15, -0.1) is 0 Å². The first-order valence-electron chi connectivity index (χ1n) is 8.22. The molecule has 0 aliphatic rings. The van der Waals surface area contributed by atoms with Crippen LogP contribution in [0.2, 0.25) is 0 Å². The average molecular weight is 310 g/mol. The van der Waals surface area contributed by atoms with Gasteiger partial charge in [-0.3, -0.25) is 0 Å². The van der Waals surface area contributed by atoms with E-state index in [4.69, 9.17) is 0 Å². The van der Waals surface area contributed by atoms with Gasteiger partial charge in [0.1, 0.15) is 0 Å². The van der Waals surface area contributed by atoms with E-state index in [9.17, 15) is 5.26 Å². The second-order valence-corrected chi connectivity index (χ2v) is 6.45. The van der Waals surface area contributed by atoms with Gasteiger partial charge >= 0.3 is 0 Å². The van der Waals surface area contributed by atoms with Gasteiger partial charge in [-0.1, -0.05) is 44.2 Å². The van der Waals surface area contributed by atoms with Crippen molar-refractivity contribution < 1.29 is 0 Å². The molecule has 2 heteroatoms. The Bertz CT molecular complexity index is 1090. The molecule has 4 aromatic rings. The van der Waals surface area contributed by atoms with Gasteiger partial charge in [-0.25, -0.2) is 0 Å². The van der Waals surface area contributed by atoms with Gasteiger partial charge in [-0.05, 0) is 47.9 Å². The summed E-state index contributed by atoms with van der Waals surface area (Å²) in [7, 11) is 0. The molecule has 0 atom stereocenters. The summed E-state index contributed by atoms with van der Waals surface area (Å²) in [6, 6.07) is 25.3. The zero-order valence-corrected chi connectivity index (χ0v) is 13.8. The van der Waals surface area contributed by atoms with Crippen LogP contribution in [0, 0.1) is 11.3 Å². The molecule has 24 heavy (non-hydrogen) atoms. The minimum absolute atomic E-state index is 0.489. The third-order valence-corrected chi connectivity index (χ3v) is 4.60. The van der Waals surface area contributed by atoms with Crippen LogP contribution in [-0.4, -0.2) is 4.57 Å². The number of nitrogens with zero attached hydrogens (tertiary/aromatic N) is 2. The Morgan fingerprint density at radius 3 is 2.42 bits per heavy atom. The molecule has 2 nitrogen and oxygen atoms in total. The first-order chi connectivity index (χ1) is 11.7. The number of aromatic nitrogens is 1. The lowest BCUT2D eigenvalue weighted by Crippen LogP contribution is -1.96. The van der Waals surface area contributed by atoms with Crippen molar-refractivity contribution in [1.29, 1.82) is 5.26 Å². The fourth-order valence-electron chi connectivity index (χ4n) is 3.34. The maximum atomic E-state index is 9.23. The van der Waals surface area contributed by atoms with Gasteiger partial charge < -0.3 is 4.57 Å². The minimum Gasteiger partial charge on any atom is -0.309 e. The Hall–Kier alpha value is -3.05. The molecular weight excluding hydrogens is 292 g/mol. The van der Waals surface area contributed by atoms with Crippen molar-refractivity contribution in [3.05, 3.63) is 77.9 Å². The molecule has 0 radical (unpaired) electrons. The Balaban J connectivity index is 2.11. The van der Waals surface area contributed by atoms with Crippen LogP contribution >= 0.6 is 0 Å². The lowest BCUT2D eigenvalue weighted by Gasteiger charge is -2.11. The van der Waals surface area contributed by atoms with Crippen LogP contribution in [0.4, 0.5) is 0 Å². The molecular formula is C22H18N2. The Morgan fingerprint density at radius 2 is 1.62 bits per heavy atom. The molecule has 0 unspecified atom stereocenters. The van der Waals surface area contributed by atoms with E-state index < -0.39 is 0 Å². The molecule has 1 aromatic heterocycles.